The molecule has 2 aromatic rings. The number of rotatable bonds is 3. The van der Waals surface area contributed by atoms with E-state index in [4.69, 9.17) is 9.15 Å². The van der Waals surface area contributed by atoms with Gasteiger partial charge in [0.25, 0.3) is 5.91 Å². The van der Waals surface area contributed by atoms with Crippen molar-refractivity contribution in [3.8, 4) is 5.75 Å². The van der Waals surface area contributed by atoms with Crippen LogP contribution in [0, 0.1) is 0 Å². The summed E-state index contributed by atoms with van der Waals surface area (Å²) in [7, 11) is 1.64. The average molecular weight is 324 g/mol. The van der Waals surface area contributed by atoms with Crippen molar-refractivity contribution in [3.05, 3.63) is 48.2 Å². The van der Waals surface area contributed by atoms with Crippen LogP contribution in [0.5, 0.6) is 5.75 Å². The summed E-state index contributed by atoms with van der Waals surface area (Å²) in [5.74, 6) is 0.892. The number of oxazole rings is 1. The molecule has 1 amide bonds. The Morgan fingerprint density at radius 3 is 3.00 bits per heavy atom. The van der Waals surface area contributed by atoms with Crippen molar-refractivity contribution in [3.63, 3.8) is 0 Å². The van der Waals surface area contributed by atoms with Crippen LogP contribution >= 0.6 is 12.4 Å². The van der Waals surface area contributed by atoms with E-state index in [0.29, 0.717) is 13.1 Å². The van der Waals surface area contributed by atoms with Gasteiger partial charge in [0.2, 0.25) is 5.76 Å². The normalized spacial score (nSPS) is 17.7. The number of hydrogen-bond donors (Lipinski definition) is 1. The molecule has 118 valence electrons. The maximum atomic E-state index is 12.6. The lowest BCUT2D eigenvalue weighted by Crippen LogP contribution is -2.48. The van der Waals surface area contributed by atoms with E-state index < -0.39 is 0 Å². The zero-order chi connectivity index (χ0) is 14.7. The summed E-state index contributed by atoms with van der Waals surface area (Å²) in [4.78, 5) is 18.2. The lowest BCUT2D eigenvalue weighted by atomic mass is 10.0. The average Bonchev–Trinajstić information content (AvgIpc) is 3.08. The Balaban J connectivity index is 0.00000176. The molecule has 1 fully saturated rings. The van der Waals surface area contributed by atoms with Crippen molar-refractivity contribution in [1.29, 1.82) is 0 Å². The number of amides is 1. The number of piperazine rings is 1. The molecule has 1 aromatic carbocycles. The molecule has 2 heterocycles. The van der Waals surface area contributed by atoms with Gasteiger partial charge in [0.1, 0.15) is 5.75 Å². The van der Waals surface area contributed by atoms with Crippen LogP contribution < -0.4 is 10.1 Å². The van der Waals surface area contributed by atoms with E-state index in [-0.39, 0.29) is 30.1 Å². The highest BCUT2D eigenvalue weighted by molar-refractivity contribution is 5.91. The molecule has 0 saturated carbocycles. The number of methoxy groups -OCH3 is 1. The topological polar surface area (TPSA) is 67.6 Å². The largest absolute Gasteiger partial charge is 0.496 e. The minimum atomic E-state index is -0.148. The van der Waals surface area contributed by atoms with Gasteiger partial charge in [0, 0.05) is 25.2 Å². The van der Waals surface area contributed by atoms with Crippen molar-refractivity contribution < 1.29 is 13.9 Å². The molecular weight excluding hydrogens is 306 g/mol. The monoisotopic (exact) mass is 323 g/mol. The maximum absolute atomic E-state index is 12.6. The number of hydrogen-bond acceptors (Lipinski definition) is 5. The Labute approximate surface area is 134 Å². The molecule has 1 aromatic heterocycles. The van der Waals surface area contributed by atoms with Crippen molar-refractivity contribution >= 4 is 18.3 Å². The fraction of sp³-hybridized carbons (Fsp3) is 0.333. The maximum Gasteiger partial charge on any atom is 0.291 e. The third kappa shape index (κ3) is 3.08. The van der Waals surface area contributed by atoms with E-state index in [0.717, 1.165) is 17.9 Å². The first kappa shape index (κ1) is 16.3. The lowest BCUT2D eigenvalue weighted by Gasteiger charge is -2.36. The Morgan fingerprint density at radius 1 is 1.45 bits per heavy atom. The molecule has 1 aliphatic heterocycles. The van der Waals surface area contributed by atoms with Gasteiger partial charge in [-0.1, -0.05) is 18.2 Å². The van der Waals surface area contributed by atoms with Gasteiger partial charge in [-0.25, -0.2) is 4.98 Å². The number of carbonyl (C=O) groups is 1. The molecule has 1 N–H and O–H groups in total. The molecule has 1 aliphatic rings. The molecule has 0 radical (unpaired) electrons. The second kappa shape index (κ2) is 7.29. The summed E-state index contributed by atoms with van der Waals surface area (Å²) in [6.45, 7) is 2.05. The van der Waals surface area contributed by atoms with Crippen molar-refractivity contribution in [1.82, 2.24) is 15.2 Å². The smallest absolute Gasteiger partial charge is 0.291 e. The minimum absolute atomic E-state index is 0. The number of nitrogens with zero attached hydrogens (tertiary/aromatic N) is 2. The predicted octanol–water partition coefficient (Wildman–Crippen LogP) is 1.89. The third-order valence-corrected chi connectivity index (χ3v) is 3.65. The third-order valence-electron chi connectivity index (χ3n) is 3.65. The van der Waals surface area contributed by atoms with Crippen molar-refractivity contribution in [2.75, 3.05) is 26.7 Å². The Hall–Kier alpha value is -2.05. The van der Waals surface area contributed by atoms with Crippen LogP contribution in [0.15, 0.2) is 41.3 Å². The molecule has 1 atom stereocenters. The molecule has 7 heteroatoms. The summed E-state index contributed by atoms with van der Waals surface area (Å²) in [5.41, 5.74) is 0.986. The first-order chi connectivity index (χ1) is 10.3. The summed E-state index contributed by atoms with van der Waals surface area (Å²) < 4.78 is 10.6. The fourth-order valence-electron chi connectivity index (χ4n) is 2.63. The van der Waals surface area contributed by atoms with Gasteiger partial charge in [-0.05, 0) is 6.07 Å². The Kier molecular flexibility index (Phi) is 5.41. The molecule has 22 heavy (non-hydrogen) atoms. The highest BCUT2D eigenvalue weighted by Gasteiger charge is 2.31. The van der Waals surface area contributed by atoms with Crippen LogP contribution in [0.25, 0.3) is 0 Å². The molecule has 0 aliphatic carbocycles. The van der Waals surface area contributed by atoms with Crippen LogP contribution in [0.3, 0.4) is 0 Å². The van der Waals surface area contributed by atoms with Gasteiger partial charge in [0.15, 0.2) is 6.39 Å². The molecule has 1 saturated heterocycles. The highest BCUT2D eigenvalue weighted by Crippen LogP contribution is 2.31. The number of para-hydroxylation sites is 1. The van der Waals surface area contributed by atoms with Crippen LogP contribution in [0.4, 0.5) is 0 Å². The Morgan fingerprint density at radius 2 is 2.27 bits per heavy atom. The number of nitrogens with one attached hydrogen (secondary N) is 1. The van der Waals surface area contributed by atoms with Gasteiger partial charge in [0.05, 0.1) is 19.3 Å². The molecule has 0 spiro atoms. The van der Waals surface area contributed by atoms with Crippen LogP contribution in [0.2, 0.25) is 0 Å². The van der Waals surface area contributed by atoms with Crippen LogP contribution in [0.1, 0.15) is 22.2 Å². The number of ether oxygens (including phenoxy) is 1. The Bertz CT molecular complexity index is 618. The van der Waals surface area contributed by atoms with E-state index in [2.05, 4.69) is 10.3 Å². The van der Waals surface area contributed by atoms with Crippen molar-refractivity contribution in [2.24, 2.45) is 0 Å². The molecule has 1 unspecified atom stereocenters. The van der Waals surface area contributed by atoms with E-state index in [1.807, 2.05) is 24.3 Å². The van der Waals surface area contributed by atoms with Gasteiger partial charge in [-0.15, -0.1) is 12.4 Å². The lowest BCUT2D eigenvalue weighted by molar-refractivity contribution is 0.0599. The second-order valence-electron chi connectivity index (χ2n) is 4.83. The predicted molar refractivity (Wildman–Crippen MR) is 83.4 cm³/mol. The van der Waals surface area contributed by atoms with Gasteiger partial charge >= 0.3 is 0 Å². The SMILES string of the molecule is COc1ccccc1C1CNCCN1C(=O)c1cnco1.Cl. The highest BCUT2D eigenvalue weighted by atomic mass is 35.5. The first-order valence-electron chi connectivity index (χ1n) is 6.84. The van der Waals surface area contributed by atoms with Gasteiger partial charge < -0.3 is 19.4 Å². The molecule has 0 bridgehead atoms. The quantitative estimate of drug-likeness (QED) is 0.934. The van der Waals surface area contributed by atoms with Crippen molar-refractivity contribution in [2.45, 2.75) is 6.04 Å². The summed E-state index contributed by atoms with van der Waals surface area (Å²) >= 11 is 0. The first-order valence-corrected chi connectivity index (χ1v) is 6.84. The number of halogens is 1. The van der Waals surface area contributed by atoms with Gasteiger partial charge in [-0.2, -0.15) is 0 Å². The minimum Gasteiger partial charge on any atom is -0.496 e. The number of benzene rings is 1. The zero-order valence-electron chi connectivity index (χ0n) is 12.2. The fourth-order valence-corrected chi connectivity index (χ4v) is 2.63. The van der Waals surface area contributed by atoms with Crippen LogP contribution in [-0.4, -0.2) is 42.5 Å². The van der Waals surface area contributed by atoms with E-state index in [1.54, 1.807) is 12.0 Å². The summed E-state index contributed by atoms with van der Waals surface area (Å²) in [5, 5.41) is 3.32. The van der Waals surface area contributed by atoms with E-state index in [9.17, 15) is 4.79 Å². The van der Waals surface area contributed by atoms with E-state index in [1.165, 1.54) is 12.6 Å². The van der Waals surface area contributed by atoms with Gasteiger partial charge in [-0.3, -0.25) is 4.79 Å². The molecule has 3 rings (SSSR count). The molecule has 6 nitrogen and oxygen atoms in total. The zero-order valence-corrected chi connectivity index (χ0v) is 13.0. The van der Waals surface area contributed by atoms with E-state index >= 15 is 0 Å². The summed E-state index contributed by atoms with van der Waals surface area (Å²) in [6, 6.07) is 7.66. The number of carbonyl (C=O) groups excluding carboxylic acids is 1. The number of aromatic nitrogens is 1. The standard InChI is InChI=1S/C15H17N3O3.ClH/c1-20-13-5-3-2-4-11(13)12-8-16-6-7-18(12)15(19)14-9-17-10-21-14;/h2-5,9-10,12,16H,6-8H2,1H3;1H. The molecular formula is C15H18ClN3O3. The second-order valence-corrected chi connectivity index (χ2v) is 4.83. The van der Waals surface area contributed by atoms with Crippen LogP contribution in [-0.2, 0) is 0 Å². The summed E-state index contributed by atoms with van der Waals surface area (Å²) in [6.07, 6.45) is 2.72.